The van der Waals surface area contributed by atoms with E-state index in [-0.39, 0.29) is 5.91 Å². The van der Waals surface area contributed by atoms with Crippen LogP contribution in [0.3, 0.4) is 0 Å². The summed E-state index contributed by atoms with van der Waals surface area (Å²) in [5, 5.41) is 2.80. The minimum Gasteiger partial charge on any atom is -0.352 e. The zero-order chi connectivity index (χ0) is 12.8. The third-order valence-electron chi connectivity index (χ3n) is 2.24. The SMILES string of the molecule is CSCC(C)CNC(=O)c1ccc(Br)c(F)c1. The van der Waals surface area contributed by atoms with Crippen LogP contribution in [0.1, 0.15) is 17.3 Å². The van der Waals surface area contributed by atoms with Gasteiger partial charge in [0.2, 0.25) is 0 Å². The number of thioether (sulfide) groups is 1. The van der Waals surface area contributed by atoms with E-state index in [0.717, 1.165) is 5.75 Å². The second kappa shape index (κ2) is 7.01. The standard InChI is InChI=1S/C12H15BrFNOS/c1-8(7-17-2)6-15-12(16)9-3-4-10(13)11(14)5-9/h3-5,8H,6-7H2,1-2H3,(H,15,16). The molecule has 0 aliphatic rings. The molecule has 5 heteroatoms. The average Bonchev–Trinajstić information content (AvgIpc) is 2.30. The molecule has 1 N–H and O–H groups in total. The van der Waals surface area contributed by atoms with E-state index in [2.05, 4.69) is 28.2 Å². The van der Waals surface area contributed by atoms with Gasteiger partial charge in [0.25, 0.3) is 5.91 Å². The summed E-state index contributed by atoms with van der Waals surface area (Å²) in [6, 6.07) is 4.37. The first-order valence-electron chi connectivity index (χ1n) is 5.26. The fraction of sp³-hybridized carbons (Fsp3) is 0.417. The van der Waals surface area contributed by atoms with Crippen LogP contribution in [0.15, 0.2) is 22.7 Å². The quantitative estimate of drug-likeness (QED) is 0.902. The van der Waals surface area contributed by atoms with E-state index in [4.69, 9.17) is 0 Å². The molecule has 1 aromatic carbocycles. The van der Waals surface area contributed by atoms with E-state index in [1.165, 1.54) is 12.1 Å². The largest absolute Gasteiger partial charge is 0.352 e. The van der Waals surface area contributed by atoms with Crippen molar-refractivity contribution in [2.24, 2.45) is 5.92 Å². The molecule has 0 radical (unpaired) electrons. The van der Waals surface area contributed by atoms with E-state index in [0.29, 0.717) is 22.5 Å². The van der Waals surface area contributed by atoms with Crippen molar-refractivity contribution in [3.63, 3.8) is 0 Å². The normalized spacial score (nSPS) is 12.2. The smallest absolute Gasteiger partial charge is 0.251 e. The predicted octanol–water partition coefficient (Wildman–Crippen LogP) is 3.32. The lowest BCUT2D eigenvalue weighted by atomic mass is 10.2. The summed E-state index contributed by atoms with van der Waals surface area (Å²) in [6.45, 7) is 2.68. The molecule has 1 aromatic rings. The topological polar surface area (TPSA) is 29.1 Å². The van der Waals surface area contributed by atoms with Gasteiger partial charge < -0.3 is 5.32 Å². The Morgan fingerprint density at radius 1 is 1.59 bits per heavy atom. The van der Waals surface area contributed by atoms with Crippen molar-refractivity contribution in [3.05, 3.63) is 34.1 Å². The number of carbonyl (C=O) groups is 1. The highest BCUT2D eigenvalue weighted by Gasteiger charge is 2.09. The van der Waals surface area contributed by atoms with Crippen LogP contribution in [-0.2, 0) is 0 Å². The first kappa shape index (κ1) is 14.5. The highest BCUT2D eigenvalue weighted by atomic mass is 79.9. The fourth-order valence-corrected chi connectivity index (χ4v) is 2.28. The molecule has 1 atom stereocenters. The average molecular weight is 320 g/mol. The Kier molecular flexibility index (Phi) is 5.98. The highest BCUT2D eigenvalue weighted by Crippen LogP contribution is 2.16. The molecule has 1 rings (SSSR count). The van der Waals surface area contributed by atoms with Gasteiger partial charge in [-0.3, -0.25) is 4.79 Å². The lowest BCUT2D eigenvalue weighted by Gasteiger charge is -2.11. The van der Waals surface area contributed by atoms with E-state index < -0.39 is 5.82 Å². The van der Waals surface area contributed by atoms with Crippen LogP contribution in [0.5, 0.6) is 0 Å². The molecule has 0 saturated heterocycles. The molecular formula is C12H15BrFNOS. The van der Waals surface area contributed by atoms with Crippen LogP contribution in [-0.4, -0.2) is 24.5 Å². The number of amides is 1. The van der Waals surface area contributed by atoms with Crippen molar-refractivity contribution < 1.29 is 9.18 Å². The lowest BCUT2D eigenvalue weighted by molar-refractivity contribution is 0.0949. The Morgan fingerprint density at radius 2 is 2.29 bits per heavy atom. The van der Waals surface area contributed by atoms with Gasteiger partial charge in [0.1, 0.15) is 5.82 Å². The minimum absolute atomic E-state index is 0.232. The van der Waals surface area contributed by atoms with Crippen LogP contribution in [0.25, 0.3) is 0 Å². The molecule has 0 heterocycles. The van der Waals surface area contributed by atoms with Gasteiger partial charge in [-0.15, -0.1) is 0 Å². The Hall–Kier alpha value is -0.550. The third-order valence-corrected chi connectivity index (χ3v) is 3.79. The summed E-state index contributed by atoms with van der Waals surface area (Å²) in [7, 11) is 0. The number of hydrogen-bond acceptors (Lipinski definition) is 2. The summed E-state index contributed by atoms with van der Waals surface area (Å²) in [5.41, 5.74) is 0.349. The molecular weight excluding hydrogens is 305 g/mol. The zero-order valence-electron chi connectivity index (χ0n) is 9.80. The molecule has 0 aliphatic carbocycles. The number of carbonyl (C=O) groups excluding carboxylic acids is 1. The molecule has 17 heavy (non-hydrogen) atoms. The Bertz CT molecular complexity index is 400. The number of nitrogens with one attached hydrogen (secondary N) is 1. The summed E-state index contributed by atoms with van der Waals surface area (Å²) in [6.07, 6.45) is 2.03. The van der Waals surface area contributed by atoms with Gasteiger partial charge in [0, 0.05) is 12.1 Å². The molecule has 0 aliphatic heterocycles. The van der Waals surface area contributed by atoms with Crippen molar-refractivity contribution in [2.75, 3.05) is 18.6 Å². The molecule has 0 fully saturated rings. The molecule has 0 aromatic heterocycles. The van der Waals surface area contributed by atoms with E-state index in [9.17, 15) is 9.18 Å². The van der Waals surface area contributed by atoms with Crippen molar-refractivity contribution in [1.82, 2.24) is 5.32 Å². The second-order valence-electron chi connectivity index (χ2n) is 3.90. The molecule has 94 valence electrons. The Balaban J connectivity index is 2.55. The van der Waals surface area contributed by atoms with Crippen molar-refractivity contribution in [3.8, 4) is 0 Å². The summed E-state index contributed by atoms with van der Waals surface area (Å²) < 4.78 is 13.6. The fourth-order valence-electron chi connectivity index (χ4n) is 1.35. The zero-order valence-corrected chi connectivity index (χ0v) is 12.2. The van der Waals surface area contributed by atoms with Gasteiger partial charge in [-0.2, -0.15) is 11.8 Å². The van der Waals surface area contributed by atoms with Gasteiger partial charge >= 0.3 is 0 Å². The van der Waals surface area contributed by atoms with Crippen LogP contribution in [0, 0.1) is 11.7 Å². The van der Waals surface area contributed by atoms with Crippen LogP contribution >= 0.6 is 27.7 Å². The van der Waals surface area contributed by atoms with Crippen molar-refractivity contribution in [1.29, 1.82) is 0 Å². The first-order valence-corrected chi connectivity index (χ1v) is 7.45. The van der Waals surface area contributed by atoms with Gasteiger partial charge in [-0.25, -0.2) is 4.39 Å². The number of hydrogen-bond donors (Lipinski definition) is 1. The molecule has 0 bridgehead atoms. The first-order chi connectivity index (χ1) is 8.04. The van der Waals surface area contributed by atoms with Gasteiger partial charge in [0.05, 0.1) is 4.47 Å². The van der Waals surface area contributed by atoms with Crippen LogP contribution in [0.4, 0.5) is 4.39 Å². The summed E-state index contributed by atoms with van der Waals surface area (Å²) >= 11 is 4.80. The maximum atomic E-state index is 13.2. The summed E-state index contributed by atoms with van der Waals surface area (Å²) in [5.74, 6) is 0.753. The van der Waals surface area contributed by atoms with Crippen molar-refractivity contribution in [2.45, 2.75) is 6.92 Å². The lowest BCUT2D eigenvalue weighted by Crippen LogP contribution is -2.29. The van der Waals surface area contributed by atoms with E-state index in [1.54, 1.807) is 17.8 Å². The Morgan fingerprint density at radius 3 is 2.88 bits per heavy atom. The molecule has 0 saturated carbocycles. The second-order valence-corrected chi connectivity index (χ2v) is 5.66. The monoisotopic (exact) mass is 319 g/mol. The Labute approximate surface area is 113 Å². The number of halogens is 2. The molecule has 1 unspecified atom stereocenters. The minimum atomic E-state index is -0.421. The van der Waals surface area contributed by atoms with Gasteiger partial charge in [0.15, 0.2) is 0 Å². The van der Waals surface area contributed by atoms with Crippen LogP contribution < -0.4 is 5.32 Å². The molecule has 1 amide bonds. The molecule has 0 spiro atoms. The van der Waals surface area contributed by atoms with E-state index in [1.807, 2.05) is 6.26 Å². The predicted molar refractivity (Wildman–Crippen MR) is 74.0 cm³/mol. The maximum Gasteiger partial charge on any atom is 0.251 e. The number of rotatable bonds is 5. The van der Waals surface area contributed by atoms with E-state index >= 15 is 0 Å². The van der Waals surface area contributed by atoms with Crippen molar-refractivity contribution >= 4 is 33.6 Å². The number of benzene rings is 1. The third kappa shape index (κ3) is 4.68. The van der Waals surface area contributed by atoms with Gasteiger partial charge in [-0.1, -0.05) is 6.92 Å². The van der Waals surface area contributed by atoms with Gasteiger partial charge in [-0.05, 0) is 52.1 Å². The highest BCUT2D eigenvalue weighted by molar-refractivity contribution is 9.10. The maximum absolute atomic E-state index is 13.2. The summed E-state index contributed by atoms with van der Waals surface area (Å²) in [4.78, 5) is 11.7. The molecule has 2 nitrogen and oxygen atoms in total. The van der Waals surface area contributed by atoms with Crippen LogP contribution in [0.2, 0.25) is 0 Å².